The number of aliphatic hydroxyl groups is 1. The van der Waals surface area contributed by atoms with Gasteiger partial charge in [-0.05, 0) is 12.1 Å². The highest BCUT2D eigenvalue weighted by atomic mass is 19.4. The third-order valence-electron chi connectivity index (χ3n) is 4.23. The Morgan fingerprint density at radius 1 is 1.16 bits per heavy atom. The van der Waals surface area contributed by atoms with Gasteiger partial charge in [-0.2, -0.15) is 13.2 Å². The average molecular weight is 356 g/mol. The van der Waals surface area contributed by atoms with E-state index < -0.39 is 12.0 Å². The van der Waals surface area contributed by atoms with Gasteiger partial charge in [0.1, 0.15) is 11.6 Å². The van der Waals surface area contributed by atoms with Crippen molar-refractivity contribution in [1.29, 1.82) is 0 Å². The molecule has 0 aliphatic carbocycles. The van der Waals surface area contributed by atoms with Crippen molar-refractivity contribution in [3.8, 4) is 5.75 Å². The lowest BCUT2D eigenvalue weighted by Gasteiger charge is -2.35. The van der Waals surface area contributed by atoms with Crippen LogP contribution in [0.25, 0.3) is 10.9 Å². The van der Waals surface area contributed by atoms with Crippen LogP contribution in [0.5, 0.6) is 5.75 Å². The minimum atomic E-state index is -4.62. The van der Waals surface area contributed by atoms with Crippen molar-refractivity contribution in [3.05, 3.63) is 24.0 Å². The molecule has 6 nitrogen and oxygen atoms in total. The highest BCUT2D eigenvalue weighted by Gasteiger charge is 2.36. The number of benzene rings is 1. The Balaban J connectivity index is 2.01. The van der Waals surface area contributed by atoms with Crippen LogP contribution in [-0.2, 0) is 6.18 Å². The summed E-state index contributed by atoms with van der Waals surface area (Å²) in [5, 5.41) is 9.56. The Morgan fingerprint density at radius 3 is 2.48 bits per heavy atom. The van der Waals surface area contributed by atoms with E-state index in [1.165, 1.54) is 13.2 Å². The van der Waals surface area contributed by atoms with E-state index in [9.17, 15) is 13.2 Å². The first-order chi connectivity index (χ1) is 11.9. The van der Waals surface area contributed by atoms with E-state index in [0.717, 1.165) is 0 Å². The Labute approximate surface area is 142 Å². The molecule has 3 rings (SSSR count). The van der Waals surface area contributed by atoms with E-state index in [0.29, 0.717) is 43.9 Å². The Hall–Kier alpha value is -2.13. The molecule has 1 saturated heterocycles. The molecule has 2 aromatic rings. The number of methoxy groups -OCH3 is 1. The van der Waals surface area contributed by atoms with Gasteiger partial charge in [0.2, 0.25) is 5.82 Å². The molecule has 25 heavy (non-hydrogen) atoms. The highest BCUT2D eigenvalue weighted by molar-refractivity contribution is 5.90. The van der Waals surface area contributed by atoms with Gasteiger partial charge in [0.25, 0.3) is 0 Å². The van der Waals surface area contributed by atoms with Crippen LogP contribution in [0.15, 0.2) is 18.2 Å². The molecule has 2 heterocycles. The molecule has 136 valence electrons. The van der Waals surface area contributed by atoms with Gasteiger partial charge in [0, 0.05) is 44.2 Å². The molecule has 1 aromatic carbocycles. The molecule has 0 spiro atoms. The van der Waals surface area contributed by atoms with Gasteiger partial charge in [-0.25, -0.2) is 9.97 Å². The lowest BCUT2D eigenvalue weighted by molar-refractivity contribution is -0.144. The molecule has 0 saturated carbocycles. The van der Waals surface area contributed by atoms with Gasteiger partial charge in [-0.15, -0.1) is 0 Å². The zero-order chi connectivity index (χ0) is 18.0. The summed E-state index contributed by atoms with van der Waals surface area (Å²) in [5.74, 6) is -0.428. The van der Waals surface area contributed by atoms with Crippen molar-refractivity contribution >= 4 is 16.7 Å². The topological polar surface area (TPSA) is 61.7 Å². The molecule has 0 bridgehead atoms. The van der Waals surface area contributed by atoms with Crippen LogP contribution in [-0.4, -0.2) is 66.4 Å². The van der Waals surface area contributed by atoms with Gasteiger partial charge < -0.3 is 14.7 Å². The molecule has 9 heteroatoms. The monoisotopic (exact) mass is 356 g/mol. The number of piperazine rings is 1. The predicted molar refractivity (Wildman–Crippen MR) is 86.8 cm³/mol. The molecule has 0 unspecified atom stereocenters. The zero-order valence-electron chi connectivity index (χ0n) is 13.8. The minimum Gasteiger partial charge on any atom is -0.497 e. The second-order valence-electron chi connectivity index (χ2n) is 5.80. The maximum Gasteiger partial charge on any atom is 0.451 e. The Bertz CT molecular complexity index is 746. The number of alkyl halides is 3. The number of anilines is 1. The number of hydrogen-bond donors (Lipinski definition) is 1. The van der Waals surface area contributed by atoms with Crippen LogP contribution in [0.1, 0.15) is 5.82 Å². The van der Waals surface area contributed by atoms with Crippen LogP contribution in [0.4, 0.5) is 19.0 Å². The summed E-state index contributed by atoms with van der Waals surface area (Å²) in [5.41, 5.74) is 0.203. The fourth-order valence-corrected chi connectivity index (χ4v) is 2.91. The first-order valence-corrected chi connectivity index (χ1v) is 7.93. The number of β-amino-alcohol motifs (C(OH)–C–C–N with tert-alkyl or cyclic N) is 1. The van der Waals surface area contributed by atoms with Crippen molar-refractivity contribution < 1.29 is 23.0 Å². The summed E-state index contributed by atoms with van der Waals surface area (Å²) >= 11 is 0. The van der Waals surface area contributed by atoms with E-state index in [-0.39, 0.29) is 17.9 Å². The summed E-state index contributed by atoms with van der Waals surface area (Å²) in [6, 6.07) is 4.85. The SMILES string of the molecule is COc1ccc2c(N3CCN(CCO)CC3)nc(C(F)(F)F)nc2c1. The molecule has 0 atom stereocenters. The molecule has 1 N–H and O–H groups in total. The number of aromatic nitrogens is 2. The summed E-state index contributed by atoms with van der Waals surface area (Å²) < 4.78 is 44.7. The van der Waals surface area contributed by atoms with Crippen molar-refractivity contribution in [2.45, 2.75) is 6.18 Å². The van der Waals surface area contributed by atoms with Crippen LogP contribution >= 0.6 is 0 Å². The number of aliphatic hydroxyl groups excluding tert-OH is 1. The lowest BCUT2D eigenvalue weighted by atomic mass is 10.2. The smallest absolute Gasteiger partial charge is 0.451 e. The fourth-order valence-electron chi connectivity index (χ4n) is 2.91. The second-order valence-corrected chi connectivity index (χ2v) is 5.80. The van der Waals surface area contributed by atoms with Crippen LogP contribution in [0, 0.1) is 0 Å². The van der Waals surface area contributed by atoms with Crippen molar-refractivity contribution in [1.82, 2.24) is 14.9 Å². The number of halogens is 3. The number of nitrogens with zero attached hydrogens (tertiary/aromatic N) is 4. The van der Waals surface area contributed by atoms with E-state index in [1.807, 2.05) is 4.90 Å². The summed E-state index contributed by atoms with van der Waals surface area (Å²) in [7, 11) is 1.45. The molecular weight excluding hydrogens is 337 g/mol. The standard InChI is InChI=1S/C16H19F3N4O2/c1-25-11-2-3-12-13(10-11)20-15(16(17,18)19)21-14(12)23-6-4-22(5-7-23)8-9-24/h2-3,10,24H,4-9H2,1H3. The van der Waals surface area contributed by atoms with Crippen LogP contribution in [0.3, 0.4) is 0 Å². The third kappa shape index (κ3) is 3.77. The molecular formula is C16H19F3N4O2. The normalized spacial score (nSPS) is 16.4. The van der Waals surface area contributed by atoms with Gasteiger partial charge >= 0.3 is 6.18 Å². The number of hydrogen-bond acceptors (Lipinski definition) is 6. The first kappa shape index (κ1) is 17.7. The lowest BCUT2D eigenvalue weighted by Crippen LogP contribution is -2.47. The first-order valence-electron chi connectivity index (χ1n) is 7.93. The Kier molecular flexibility index (Phi) is 4.96. The average Bonchev–Trinajstić information content (AvgIpc) is 2.60. The van der Waals surface area contributed by atoms with Crippen LogP contribution < -0.4 is 9.64 Å². The van der Waals surface area contributed by atoms with Gasteiger partial charge in [0.05, 0.1) is 19.2 Å². The zero-order valence-corrected chi connectivity index (χ0v) is 13.8. The Morgan fingerprint density at radius 2 is 1.88 bits per heavy atom. The van der Waals surface area contributed by atoms with Crippen molar-refractivity contribution in [2.75, 3.05) is 51.3 Å². The van der Waals surface area contributed by atoms with E-state index >= 15 is 0 Å². The van der Waals surface area contributed by atoms with E-state index in [2.05, 4.69) is 14.9 Å². The molecule has 1 aliphatic heterocycles. The predicted octanol–water partition coefficient (Wildman–Crippen LogP) is 1.77. The summed E-state index contributed by atoms with van der Waals surface area (Å²) in [6.45, 7) is 3.01. The van der Waals surface area contributed by atoms with Gasteiger partial charge in [0.15, 0.2) is 0 Å². The largest absolute Gasteiger partial charge is 0.497 e. The maximum absolute atomic E-state index is 13.2. The third-order valence-corrected chi connectivity index (χ3v) is 4.23. The van der Waals surface area contributed by atoms with Crippen molar-refractivity contribution in [3.63, 3.8) is 0 Å². The quantitative estimate of drug-likeness (QED) is 0.901. The van der Waals surface area contributed by atoms with Gasteiger partial charge in [-0.1, -0.05) is 0 Å². The number of ether oxygens (including phenoxy) is 1. The number of fused-ring (bicyclic) bond motifs is 1. The minimum absolute atomic E-state index is 0.0639. The van der Waals surface area contributed by atoms with Gasteiger partial charge in [-0.3, -0.25) is 4.90 Å². The fraction of sp³-hybridized carbons (Fsp3) is 0.500. The van der Waals surface area contributed by atoms with E-state index in [1.54, 1.807) is 12.1 Å². The molecule has 1 aliphatic rings. The van der Waals surface area contributed by atoms with Crippen molar-refractivity contribution in [2.24, 2.45) is 0 Å². The molecule has 1 aromatic heterocycles. The molecule has 0 radical (unpaired) electrons. The molecule has 0 amide bonds. The van der Waals surface area contributed by atoms with Crippen LogP contribution in [0.2, 0.25) is 0 Å². The highest BCUT2D eigenvalue weighted by Crippen LogP contribution is 2.33. The van der Waals surface area contributed by atoms with E-state index in [4.69, 9.17) is 9.84 Å². The molecule has 1 fully saturated rings. The summed E-state index contributed by atoms with van der Waals surface area (Å²) in [4.78, 5) is 11.4. The maximum atomic E-state index is 13.2. The number of rotatable bonds is 4. The second kappa shape index (κ2) is 7.01. The summed E-state index contributed by atoms with van der Waals surface area (Å²) in [6.07, 6.45) is -4.62.